The smallest absolute Gasteiger partial charge is 0.274 e. The number of halogens is 1. The van der Waals surface area contributed by atoms with Gasteiger partial charge in [0.2, 0.25) is 0 Å². The van der Waals surface area contributed by atoms with Gasteiger partial charge in [-0.25, -0.2) is 0 Å². The molecular formula is C11H15BrN2O3S. The standard InChI is InChI=1S/C11H15BrN2O3S/c1-8(13)4-5-18(17)7-9-2-3-10(12)6-11(9)14(15)16/h2-3,6,8H,4-5,7,13H2,1H3. The maximum atomic E-state index is 11.8. The molecule has 0 amide bonds. The Hall–Kier alpha value is -0.790. The summed E-state index contributed by atoms with van der Waals surface area (Å²) in [6, 6.07) is 4.77. The van der Waals surface area contributed by atoms with E-state index in [1.807, 2.05) is 6.92 Å². The average molecular weight is 335 g/mol. The predicted molar refractivity (Wildman–Crippen MR) is 75.8 cm³/mol. The van der Waals surface area contributed by atoms with E-state index in [1.165, 1.54) is 6.07 Å². The maximum Gasteiger partial charge on any atom is 0.274 e. The van der Waals surface area contributed by atoms with Gasteiger partial charge in [-0.1, -0.05) is 22.0 Å². The third-order valence-electron chi connectivity index (χ3n) is 2.36. The van der Waals surface area contributed by atoms with Gasteiger partial charge in [0.15, 0.2) is 0 Å². The van der Waals surface area contributed by atoms with Crippen LogP contribution in [0.3, 0.4) is 0 Å². The topological polar surface area (TPSA) is 86.2 Å². The Kier molecular flexibility index (Phi) is 5.90. The van der Waals surface area contributed by atoms with Gasteiger partial charge >= 0.3 is 0 Å². The van der Waals surface area contributed by atoms with E-state index in [-0.39, 0.29) is 17.5 Å². The number of nitro groups is 1. The van der Waals surface area contributed by atoms with E-state index in [4.69, 9.17) is 5.73 Å². The Bertz CT molecular complexity index is 466. The molecule has 7 heteroatoms. The second-order valence-electron chi connectivity index (χ2n) is 4.08. The fraction of sp³-hybridized carbons (Fsp3) is 0.455. The molecule has 18 heavy (non-hydrogen) atoms. The Morgan fingerprint density at radius 2 is 2.22 bits per heavy atom. The van der Waals surface area contributed by atoms with E-state index < -0.39 is 15.7 Å². The lowest BCUT2D eigenvalue weighted by atomic mass is 10.2. The Morgan fingerprint density at radius 1 is 1.56 bits per heavy atom. The van der Waals surface area contributed by atoms with Crippen molar-refractivity contribution in [1.82, 2.24) is 0 Å². The lowest BCUT2D eigenvalue weighted by Gasteiger charge is -2.06. The van der Waals surface area contributed by atoms with Crippen LogP contribution in [0.2, 0.25) is 0 Å². The van der Waals surface area contributed by atoms with Crippen molar-refractivity contribution >= 4 is 32.4 Å². The number of benzene rings is 1. The number of hydrogen-bond acceptors (Lipinski definition) is 4. The highest BCUT2D eigenvalue weighted by Crippen LogP contribution is 2.24. The molecule has 0 fully saturated rings. The van der Waals surface area contributed by atoms with E-state index in [1.54, 1.807) is 12.1 Å². The van der Waals surface area contributed by atoms with Crippen molar-refractivity contribution in [2.45, 2.75) is 25.1 Å². The minimum Gasteiger partial charge on any atom is -0.328 e. The maximum absolute atomic E-state index is 11.8. The van der Waals surface area contributed by atoms with Crippen molar-refractivity contribution in [2.75, 3.05) is 5.75 Å². The van der Waals surface area contributed by atoms with Crippen LogP contribution in [-0.4, -0.2) is 20.9 Å². The van der Waals surface area contributed by atoms with Crippen LogP contribution < -0.4 is 5.73 Å². The van der Waals surface area contributed by atoms with Crippen LogP contribution in [0, 0.1) is 10.1 Å². The molecule has 1 rings (SSSR count). The van der Waals surface area contributed by atoms with E-state index in [2.05, 4.69) is 15.9 Å². The van der Waals surface area contributed by atoms with Crippen LogP contribution >= 0.6 is 15.9 Å². The van der Waals surface area contributed by atoms with Crippen LogP contribution in [0.1, 0.15) is 18.9 Å². The summed E-state index contributed by atoms with van der Waals surface area (Å²) in [6.45, 7) is 1.85. The summed E-state index contributed by atoms with van der Waals surface area (Å²) in [5.74, 6) is 0.654. The van der Waals surface area contributed by atoms with Crippen molar-refractivity contribution in [2.24, 2.45) is 5.73 Å². The van der Waals surface area contributed by atoms with Crippen LogP contribution in [0.15, 0.2) is 22.7 Å². The highest BCUT2D eigenvalue weighted by molar-refractivity contribution is 9.10. The van der Waals surface area contributed by atoms with Crippen molar-refractivity contribution in [3.63, 3.8) is 0 Å². The van der Waals surface area contributed by atoms with E-state index in [9.17, 15) is 14.3 Å². The Balaban J connectivity index is 2.78. The van der Waals surface area contributed by atoms with Gasteiger partial charge in [-0.15, -0.1) is 0 Å². The third kappa shape index (κ3) is 4.83. The molecule has 0 saturated heterocycles. The van der Waals surface area contributed by atoms with Gasteiger partial charge in [-0.3, -0.25) is 14.3 Å². The van der Waals surface area contributed by atoms with Crippen molar-refractivity contribution in [1.29, 1.82) is 0 Å². The molecule has 100 valence electrons. The second-order valence-corrected chi connectivity index (χ2v) is 6.58. The molecule has 0 spiro atoms. The number of hydrogen-bond donors (Lipinski definition) is 1. The molecule has 0 aliphatic heterocycles. The summed E-state index contributed by atoms with van der Waals surface area (Å²) in [6.07, 6.45) is 0.650. The first kappa shape index (κ1) is 15.3. The lowest BCUT2D eigenvalue weighted by Crippen LogP contribution is -2.18. The van der Waals surface area contributed by atoms with Gasteiger partial charge in [-0.05, 0) is 19.4 Å². The van der Waals surface area contributed by atoms with Crippen LogP contribution in [0.25, 0.3) is 0 Å². The zero-order valence-corrected chi connectivity index (χ0v) is 12.4. The summed E-state index contributed by atoms with van der Waals surface area (Å²) in [4.78, 5) is 10.4. The number of rotatable bonds is 6. The normalized spacial score (nSPS) is 14.2. The second kappa shape index (κ2) is 6.96. The predicted octanol–water partition coefficient (Wildman–Crippen LogP) is 2.34. The molecule has 0 aliphatic rings. The highest BCUT2D eigenvalue weighted by Gasteiger charge is 2.16. The lowest BCUT2D eigenvalue weighted by molar-refractivity contribution is -0.385. The fourth-order valence-electron chi connectivity index (χ4n) is 1.39. The fourth-order valence-corrected chi connectivity index (χ4v) is 3.11. The van der Waals surface area contributed by atoms with E-state index in [0.29, 0.717) is 22.2 Å². The Morgan fingerprint density at radius 3 is 2.78 bits per heavy atom. The summed E-state index contributed by atoms with van der Waals surface area (Å²) in [5.41, 5.74) is 6.07. The van der Waals surface area contributed by atoms with Gasteiger partial charge < -0.3 is 5.73 Å². The molecule has 2 unspecified atom stereocenters. The number of nitrogens with zero attached hydrogens (tertiary/aromatic N) is 1. The molecule has 2 N–H and O–H groups in total. The molecule has 0 aromatic heterocycles. The van der Waals surface area contributed by atoms with Crippen molar-refractivity contribution in [3.05, 3.63) is 38.3 Å². The van der Waals surface area contributed by atoms with Gasteiger partial charge in [0.05, 0.1) is 10.7 Å². The molecule has 2 atom stereocenters. The minimum atomic E-state index is -1.12. The van der Waals surface area contributed by atoms with Gasteiger partial charge in [0.1, 0.15) is 0 Å². The SMILES string of the molecule is CC(N)CCS(=O)Cc1ccc(Br)cc1[N+](=O)[O-]. The van der Waals surface area contributed by atoms with Crippen LogP contribution in [0.4, 0.5) is 5.69 Å². The Labute approximate surface area is 116 Å². The largest absolute Gasteiger partial charge is 0.328 e. The molecule has 0 aliphatic carbocycles. The molecule has 1 aromatic carbocycles. The molecular weight excluding hydrogens is 320 g/mol. The summed E-state index contributed by atoms with van der Waals surface area (Å²) in [5, 5.41) is 10.9. The van der Waals surface area contributed by atoms with Crippen molar-refractivity contribution in [3.8, 4) is 0 Å². The number of nitro benzene ring substituents is 1. The molecule has 0 radical (unpaired) electrons. The molecule has 0 bridgehead atoms. The third-order valence-corrected chi connectivity index (χ3v) is 4.18. The monoisotopic (exact) mass is 334 g/mol. The van der Waals surface area contributed by atoms with E-state index in [0.717, 1.165) is 0 Å². The van der Waals surface area contributed by atoms with Gasteiger partial charge in [0, 0.05) is 38.7 Å². The molecule has 5 nitrogen and oxygen atoms in total. The average Bonchev–Trinajstić information content (AvgIpc) is 2.28. The van der Waals surface area contributed by atoms with E-state index >= 15 is 0 Å². The molecule has 0 saturated carbocycles. The first-order valence-corrected chi connectivity index (χ1v) is 7.71. The number of nitrogens with two attached hydrogens (primary N) is 1. The highest BCUT2D eigenvalue weighted by atomic mass is 79.9. The first-order valence-electron chi connectivity index (χ1n) is 5.43. The van der Waals surface area contributed by atoms with Crippen LogP contribution in [-0.2, 0) is 16.6 Å². The first-order chi connectivity index (χ1) is 8.40. The van der Waals surface area contributed by atoms with Crippen molar-refractivity contribution < 1.29 is 9.13 Å². The summed E-state index contributed by atoms with van der Waals surface area (Å²) < 4.78 is 12.4. The zero-order valence-electron chi connectivity index (χ0n) is 9.97. The quantitative estimate of drug-likeness (QED) is 0.639. The summed E-state index contributed by atoms with van der Waals surface area (Å²) in [7, 11) is -1.12. The molecule has 1 aromatic rings. The summed E-state index contributed by atoms with van der Waals surface area (Å²) >= 11 is 3.18. The van der Waals surface area contributed by atoms with Gasteiger partial charge in [0.25, 0.3) is 5.69 Å². The molecule has 0 heterocycles. The minimum absolute atomic E-state index is 0.00137. The zero-order chi connectivity index (χ0) is 13.7. The van der Waals surface area contributed by atoms with Gasteiger partial charge in [-0.2, -0.15) is 0 Å². The van der Waals surface area contributed by atoms with Crippen LogP contribution in [0.5, 0.6) is 0 Å².